The Kier molecular flexibility index (Phi) is 4.76. The summed E-state index contributed by atoms with van der Waals surface area (Å²) < 4.78 is 5.21. The lowest BCUT2D eigenvalue weighted by Gasteiger charge is -2.17. The standard InChI is InChI=1S/C15H19NO4/c1-20-14-4-2-11(3-5-15(18)19)12(8-14)9-16-7-6-13(17)10-16/h2-5,8,13,17H,6-7,9-10H2,1H3,(H,18,19). The molecule has 0 spiro atoms. The number of carboxylic acid groups (broad SMARTS) is 1. The minimum atomic E-state index is -0.969. The number of nitrogens with zero attached hydrogens (tertiary/aromatic N) is 1. The van der Waals surface area contributed by atoms with Gasteiger partial charge in [-0.05, 0) is 35.8 Å². The third kappa shape index (κ3) is 3.82. The maximum absolute atomic E-state index is 10.6. The van der Waals surface area contributed by atoms with Gasteiger partial charge < -0.3 is 14.9 Å². The summed E-state index contributed by atoms with van der Waals surface area (Å²) in [5, 5.41) is 18.3. The van der Waals surface area contributed by atoms with E-state index in [0.29, 0.717) is 13.1 Å². The van der Waals surface area contributed by atoms with Gasteiger partial charge in [-0.15, -0.1) is 0 Å². The molecule has 0 bridgehead atoms. The van der Waals surface area contributed by atoms with Crippen LogP contribution >= 0.6 is 0 Å². The number of hydrogen-bond donors (Lipinski definition) is 2. The third-order valence-corrected chi connectivity index (χ3v) is 3.40. The summed E-state index contributed by atoms with van der Waals surface area (Å²) in [4.78, 5) is 12.8. The Hall–Kier alpha value is -1.85. The van der Waals surface area contributed by atoms with Gasteiger partial charge in [-0.2, -0.15) is 0 Å². The molecule has 5 heteroatoms. The number of methoxy groups -OCH3 is 1. The summed E-state index contributed by atoms with van der Waals surface area (Å²) in [5.74, 6) is -0.226. The first-order valence-corrected chi connectivity index (χ1v) is 6.57. The number of β-amino-alcohol motifs (C(OH)–C–C–N with tert-alkyl or cyclic N) is 1. The van der Waals surface area contributed by atoms with Crippen LogP contribution in [0.15, 0.2) is 24.3 Å². The van der Waals surface area contributed by atoms with Crippen molar-refractivity contribution in [2.24, 2.45) is 0 Å². The van der Waals surface area contributed by atoms with Gasteiger partial charge in [0.2, 0.25) is 0 Å². The molecular weight excluding hydrogens is 258 g/mol. The summed E-state index contributed by atoms with van der Waals surface area (Å²) in [7, 11) is 1.60. The van der Waals surface area contributed by atoms with Crippen molar-refractivity contribution in [1.29, 1.82) is 0 Å². The van der Waals surface area contributed by atoms with Gasteiger partial charge >= 0.3 is 5.97 Å². The van der Waals surface area contributed by atoms with Crippen molar-refractivity contribution in [3.8, 4) is 5.75 Å². The van der Waals surface area contributed by atoms with E-state index in [2.05, 4.69) is 4.90 Å². The van der Waals surface area contributed by atoms with E-state index >= 15 is 0 Å². The smallest absolute Gasteiger partial charge is 0.328 e. The summed E-state index contributed by atoms with van der Waals surface area (Å²) in [6, 6.07) is 5.57. The molecule has 1 heterocycles. The van der Waals surface area contributed by atoms with Gasteiger partial charge in [-0.1, -0.05) is 6.07 Å². The Morgan fingerprint density at radius 3 is 2.95 bits per heavy atom. The summed E-state index contributed by atoms with van der Waals surface area (Å²) in [6.07, 6.45) is 3.23. The van der Waals surface area contributed by atoms with E-state index in [9.17, 15) is 9.90 Å². The highest BCUT2D eigenvalue weighted by molar-refractivity contribution is 5.85. The fraction of sp³-hybridized carbons (Fsp3) is 0.400. The first-order chi connectivity index (χ1) is 9.58. The van der Waals surface area contributed by atoms with Crippen LogP contribution in [-0.4, -0.2) is 47.4 Å². The van der Waals surface area contributed by atoms with Crippen LogP contribution in [-0.2, 0) is 11.3 Å². The molecule has 1 unspecified atom stereocenters. The molecule has 0 radical (unpaired) electrons. The van der Waals surface area contributed by atoms with Gasteiger partial charge in [-0.25, -0.2) is 4.79 Å². The zero-order valence-corrected chi connectivity index (χ0v) is 11.5. The molecule has 1 aliphatic heterocycles. The van der Waals surface area contributed by atoms with E-state index in [-0.39, 0.29) is 6.10 Å². The number of aliphatic hydroxyl groups excluding tert-OH is 1. The first kappa shape index (κ1) is 14.6. The Balaban J connectivity index is 2.20. The van der Waals surface area contributed by atoms with Crippen LogP contribution in [0, 0.1) is 0 Å². The minimum absolute atomic E-state index is 0.265. The Labute approximate surface area is 118 Å². The fourth-order valence-electron chi connectivity index (χ4n) is 2.37. The number of aliphatic hydroxyl groups is 1. The highest BCUT2D eigenvalue weighted by atomic mass is 16.5. The topological polar surface area (TPSA) is 70.0 Å². The summed E-state index contributed by atoms with van der Waals surface area (Å²) in [5.41, 5.74) is 1.85. The largest absolute Gasteiger partial charge is 0.497 e. The number of rotatable bonds is 5. The lowest BCUT2D eigenvalue weighted by atomic mass is 10.1. The van der Waals surface area contributed by atoms with Crippen LogP contribution in [0.1, 0.15) is 17.5 Å². The second-order valence-corrected chi connectivity index (χ2v) is 4.91. The van der Waals surface area contributed by atoms with Gasteiger partial charge in [-0.3, -0.25) is 4.90 Å². The molecule has 0 saturated carbocycles. The van der Waals surface area contributed by atoms with Gasteiger partial charge in [0.15, 0.2) is 0 Å². The van der Waals surface area contributed by atoms with Gasteiger partial charge in [0.05, 0.1) is 13.2 Å². The average molecular weight is 277 g/mol. The van der Waals surface area contributed by atoms with Crippen molar-refractivity contribution in [3.63, 3.8) is 0 Å². The van der Waals surface area contributed by atoms with Crippen LogP contribution in [0.25, 0.3) is 6.08 Å². The molecule has 1 aliphatic rings. The van der Waals surface area contributed by atoms with Crippen LogP contribution in [0.4, 0.5) is 0 Å². The number of aliphatic carboxylic acids is 1. The third-order valence-electron chi connectivity index (χ3n) is 3.40. The van der Waals surface area contributed by atoms with E-state index in [4.69, 9.17) is 9.84 Å². The molecule has 5 nitrogen and oxygen atoms in total. The molecule has 1 atom stereocenters. The van der Waals surface area contributed by atoms with Gasteiger partial charge in [0.1, 0.15) is 5.75 Å². The van der Waals surface area contributed by atoms with Crippen molar-refractivity contribution >= 4 is 12.0 Å². The second-order valence-electron chi connectivity index (χ2n) is 4.91. The van der Waals surface area contributed by atoms with Crippen LogP contribution in [0.3, 0.4) is 0 Å². The van der Waals surface area contributed by atoms with Crippen molar-refractivity contribution < 1.29 is 19.7 Å². The highest BCUT2D eigenvalue weighted by Crippen LogP contribution is 2.22. The molecule has 1 fully saturated rings. The molecule has 1 aromatic carbocycles. The zero-order chi connectivity index (χ0) is 14.5. The molecule has 1 aromatic rings. The number of likely N-dealkylation sites (tertiary alicyclic amines) is 1. The zero-order valence-electron chi connectivity index (χ0n) is 11.5. The maximum atomic E-state index is 10.6. The minimum Gasteiger partial charge on any atom is -0.497 e. The number of benzene rings is 1. The normalized spacial score (nSPS) is 19.6. The molecule has 2 rings (SSSR count). The molecular formula is C15H19NO4. The predicted octanol–water partition coefficient (Wildman–Crippen LogP) is 1.36. The van der Waals surface area contributed by atoms with E-state index in [1.54, 1.807) is 13.2 Å². The van der Waals surface area contributed by atoms with Crippen LogP contribution in [0.2, 0.25) is 0 Å². The Morgan fingerprint density at radius 1 is 1.55 bits per heavy atom. The van der Waals surface area contributed by atoms with Crippen molar-refractivity contribution in [3.05, 3.63) is 35.4 Å². The number of ether oxygens (including phenoxy) is 1. The lowest BCUT2D eigenvalue weighted by molar-refractivity contribution is -0.131. The van der Waals surface area contributed by atoms with Crippen LogP contribution in [0.5, 0.6) is 5.75 Å². The van der Waals surface area contributed by atoms with Gasteiger partial charge in [0.25, 0.3) is 0 Å². The molecule has 1 saturated heterocycles. The Bertz CT molecular complexity index is 513. The number of hydrogen-bond acceptors (Lipinski definition) is 4. The molecule has 0 aliphatic carbocycles. The molecule has 2 N–H and O–H groups in total. The quantitative estimate of drug-likeness (QED) is 0.795. The SMILES string of the molecule is COc1ccc(C=CC(=O)O)c(CN2CCC(O)C2)c1. The highest BCUT2D eigenvalue weighted by Gasteiger charge is 2.20. The monoisotopic (exact) mass is 277 g/mol. The van der Waals surface area contributed by atoms with Crippen LogP contribution < -0.4 is 4.74 Å². The predicted molar refractivity (Wildman–Crippen MR) is 75.6 cm³/mol. The van der Waals surface area contributed by atoms with E-state index in [1.807, 2.05) is 18.2 Å². The number of carboxylic acids is 1. The van der Waals surface area contributed by atoms with E-state index in [1.165, 1.54) is 0 Å². The molecule has 108 valence electrons. The number of carbonyl (C=O) groups is 1. The molecule has 0 aromatic heterocycles. The van der Waals surface area contributed by atoms with Crippen molar-refractivity contribution in [2.75, 3.05) is 20.2 Å². The van der Waals surface area contributed by atoms with Crippen molar-refractivity contribution in [1.82, 2.24) is 4.90 Å². The first-order valence-electron chi connectivity index (χ1n) is 6.57. The molecule has 0 amide bonds. The lowest BCUT2D eigenvalue weighted by Crippen LogP contribution is -2.22. The summed E-state index contributed by atoms with van der Waals surface area (Å²) >= 11 is 0. The van der Waals surface area contributed by atoms with E-state index in [0.717, 1.165) is 35.9 Å². The Morgan fingerprint density at radius 2 is 2.35 bits per heavy atom. The second kappa shape index (κ2) is 6.54. The average Bonchev–Trinajstić information content (AvgIpc) is 2.82. The molecule has 20 heavy (non-hydrogen) atoms. The maximum Gasteiger partial charge on any atom is 0.328 e. The van der Waals surface area contributed by atoms with Crippen molar-refractivity contribution in [2.45, 2.75) is 19.1 Å². The fourth-order valence-corrected chi connectivity index (χ4v) is 2.37. The van der Waals surface area contributed by atoms with Gasteiger partial charge in [0, 0.05) is 25.7 Å². The van der Waals surface area contributed by atoms with E-state index < -0.39 is 5.97 Å². The summed E-state index contributed by atoms with van der Waals surface area (Å²) in [6.45, 7) is 2.17.